The van der Waals surface area contributed by atoms with Crippen LogP contribution in [-0.2, 0) is 7.05 Å². The number of hydrogen-bond acceptors (Lipinski definition) is 3. The zero-order valence-electron chi connectivity index (χ0n) is 11.8. The lowest BCUT2D eigenvalue weighted by molar-refractivity contribution is 0.210. The SMILES string of the molecule is Cc1ccc2cc(C(O)c3cc(C)nn3C)ccc2n1. The Hall–Kier alpha value is -2.20. The Labute approximate surface area is 117 Å². The zero-order valence-corrected chi connectivity index (χ0v) is 11.8. The third kappa shape index (κ3) is 2.18. The van der Waals surface area contributed by atoms with E-state index in [0.717, 1.165) is 33.5 Å². The molecule has 4 heteroatoms. The molecule has 20 heavy (non-hydrogen) atoms. The number of hydrogen-bond donors (Lipinski definition) is 1. The van der Waals surface area contributed by atoms with Crippen molar-refractivity contribution in [1.29, 1.82) is 0 Å². The van der Waals surface area contributed by atoms with Gasteiger partial charge < -0.3 is 5.11 Å². The van der Waals surface area contributed by atoms with Crippen molar-refractivity contribution in [1.82, 2.24) is 14.8 Å². The first-order valence-corrected chi connectivity index (χ1v) is 6.60. The first kappa shape index (κ1) is 12.8. The Morgan fingerprint density at radius 1 is 1.05 bits per heavy atom. The van der Waals surface area contributed by atoms with E-state index in [0.29, 0.717) is 0 Å². The summed E-state index contributed by atoms with van der Waals surface area (Å²) < 4.78 is 1.72. The summed E-state index contributed by atoms with van der Waals surface area (Å²) in [6, 6.07) is 11.8. The normalized spacial score (nSPS) is 12.8. The van der Waals surface area contributed by atoms with Crippen LogP contribution in [-0.4, -0.2) is 19.9 Å². The molecule has 4 nitrogen and oxygen atoms in total. The molecule has 1 atom stereocenters. The Kier molecular flexibility index (Phi) is 3.03. The molecule has 0 amide bonds. The lowest BCUT2D eigenvalue weighted by Crippen LogP contribution is -2.06. The van der Waals surface area contributed by atoms with Crippen molar-refractivity contribution in [3.63, 3.8) is 0 Å². The van der Waals surface area contributed by atoms with Gasteiger partial charge in [-0.2, -0.15) is 5.10 Å². The van der Waals surface area contributed by atoms with Crippen LogP contribution in [0.5, 0.6) is 0 Å². The average Bonchev–Trinajstić information content (AvgIpc) is 2.76. The molecule has 0 aliphatic rings. The van der Waals surface area contributed by atoms with Gasteiger partial charge in [0.25, 0.3) is 0 Å². The van der Waals surface area contributed by atoms with Crippen molar-refractivity contribution in [3.8, 4) is 0 Å². The van der Waals surface area contributed by atoms with Crippen LogP contribution >= 0.6 is 0 Å². The number of aromatic nitrogens is 3. The molecule has 1 unspecified atom stereocenters. The average molecular weight is 267 g/mol. The van der Waals surface area contributed by atoms with Crippen molar-refractivity contribution in [2.45, 2.75) is 20.0 Å². The maximum Gasteiger partial charge on any atom is 0.121 e. The molecular weight excluding hydrogens is 250 g/mol. The van der Waals surface area contributed by atoms with E-state index in [1.807, 2.05) is 57.3 Å². The van der Waals surface area contributed by atoms with Gasteiger partial charge in [-0.1, -0.05) is 12.1 Å². The summed E-state index contributed by atoms with van der Waals surface area (Å²) in [5.74, 6) is 0. The number of aryl methyl sites for hydroxylation is 3. The molecule has 3 aromatic rings. The van der Waals surface area contributed by atoms with Crippen molar-refractivity contribution in [2.24, 2.45) is 7.05 Å². The fraction of sp³-hybridized carbons (Fsp3) is 0.250. The van der Waals surface area contributed by atoms with E-state index in [9.17, 15) is 5.11 Å². The Bertz CT molecular complexity index is 776. The summed E-state index contributed by atoms with van der Waals surface area (Å²) in [6.45, 7) is 3.89. The monoisotopic (exact) mass is 267 g/mol. The predicted molar refractivity (Wildman–Crippen MR) is 78.5 cm³/mol. The van der Waals surface area contributed by atoms with E-state index in [-0.39, 0.29) is 0 Å². The second-order valence-corrected chi connectivity index (χ2v) is 5.14. The van der Waals surface area contributed by atoms with Gasteiger partial charge in [0.05, 0.1) is 16.9 Å². The standard InChI is InChI=1S/C16H17N3O/c1-10-4-5-12-9-13(6-7-14(12)17-10)16(20)15-8-11(2)18-19(15)3/h4-9,16,20H,1-3H3. The van der Waals surface area contributed by atoms with Crippen molar-refractivity contribution in [2.75, 3.05) is 0 Å². The molecule has 0 saturated heterocycles. The van der Waals surface area contributed by atoms with E-state index in [4.69, 9.17) is 0 Å². The minimum Gasteiger partial charge on any atom is -0.382 e. The van der Waals surface area contributed by atoms with Crippen molar-refractivity contribution >= 4 is 10.9 Å². The molecule has 1 N–H and O–H groups in total. The molecule has 2 heterocycles. The van der Waals surface area contributed by atoms with Crippen LogP contribution < -0.4 is 0 Å². The third-order valence-corrected chi connectivity index (χ3v) is 3.49. The quantitative estimate of drug-likeness (QED) is 0.776. The fourth-order valence-corrected chi connectivity index (χ4v) is 2.47. The van der Waals surface area contributed by atoms with Gasteiger partial charge >= 0.3 is 0 Å². The van der Waals surface area contributed by atoms with Crippen LogP contribution in [0.4, 0.5) is 0 Å². The van der Waals surface area contributed by atoms with Gasteiger partial charge in [-0.25, -0.2) is 0 Å². The van der Waals surface area contributed by atoms with Crippen LogP contribution in [0.25, 0.3) is 10.9 Å². The summed E-state index contributed by atoms with van der Waals surface area (Å²) in [5.41, 5.74) is 4.49. The van der Waals surface area contributed by atoms with Crippen LogP contribution in [0.1, 0.15) is 28.7 Å². The number of fused-ring (bicyclic) bond motifs is 1. The van der Waals surface area contributed by atoms with E-state index in [1.165, 1.54) is 0 Å². The van der Waals surface area contributed by atoms with E-state index < -0.39 is 6.10 Å². The molecule has 0 fully saturated rings. The van der Waals surface area contributed by atoms with Gasteiger partial charge in [0.1, 0.15) is 6.10 Å². The molecular formula is C16H17N3O. The number of aliphatic hydroxyl groups is 1. The number of aliphatic hydroxyl groups excluding tert-OH is 1. The highest BCUT2D eigenvalue weighted by Crippen LogP contribution is 2.25. The van der Waals surface area contributed by atoms with Gasteiger partial charge in [-0.3, -0.25) is 9.67 Å². The number of pyridine rings is 1. The van der Waals surface area contributed by atoms with Gasteiger partial charge in [0, 0.05) is 18.1 Å². The third-order valence-electron chi connectivity index (χ3n) is 3.49. The lowest BCUT2D eigenvalue weighted by atomic mass is 10.0. The van der Waals surface area contributed by atoms with E-state index in [1.54, 1.807) is 4.68 Å². The molecule has 0 saturated carbocycles. The van der Waals surface area contributed by atoms with Gasteiger partial charge in [0.15, 0.2) is 0 Å². The van der Waals surface area contributed by atoms with Crippen molar-refractivity contribution < 1.29 is 5.11 Å². The second kappa shape index (κ2) is 4.72. The molecule has 2 aromatic heterocycles. The zero-order chi connectivity index (χ0) is 14.3. The predicted octanol–water partition coefficient (Wildman–Crippen LogP) is 2.67. The van der Waals surface area contributed by atoms with Gasteiger partial charge in [-0.15, -0.1) is 0 Å². The molecule has 0 bridgehead atoms. The number of rotatable bonds is 2. The highest BCUT2D eigenvalue weighted by Gasteiger charge is 2.15. The Morgan fingerprint density at radius 2 is 1.85 bits per heavy atom. The summed E-state index contributed by atoms with van der Waals surface area (Å²) in [5, 5.41) is 15.8. The summed E-state index contributed by atoms with van der Waals surface area (Å²) in [4.78, 5) is 4.47. The molecule has 1 aromatic carbocycles. The molecule has 3 rings (SSSR count). The van der Waals surface area contributed by atoms with Crippen LogP contribution in [0.2, 0.25) is 0 Å². The summed E-state index contributed by atoms with van der Waals surface area (Å²) >= 11 is 0. The lowest BCUT2D eigenvalue weighted by Gasteiger charge is -2.12. The topological polar surface area (TPSA) is 50.9 Å². The molecule has 0 aliphatic heterocycles. The highest BCUT2D eigenvalue weighted by molar-refractivity contribution is 5.79. The van der Waals surface area contributed by atoms with E-state index in [2.05, 4.69) is 10.1 Å². The summed E-state index contributed by atoms with van der Waals surface area (Å²) in [6.07, 6.45) is -0.674. The first-order chi connectivity index (χ1) is 9.54. The molecule has 0 spiro atoms. The Balaban J connectivity index is 2.05. The molecule has 102 valence electrons. The first-order valence-electron chi connectivity index (χ1n) is 6.60. The van der Waals surface area contributed by atoms with Crippen LogP contribution in [0.15, 0.2) is 36.4 Å². The smallest absolute Gasteiger partial charge is 0.121 e. The number of benzene rings is 1. The minimum absolute atomic E-state index is 0.674. The molecule has 0 aliphatic carbocycles. The fourth-order valence-electron chi connectivity index (χ4n) is 2.47. The van der Waals surface area contributed by atoms with Crippen LogP contribution in [0.3, 0.4) is 0 Å². The number of nitrogens with zero attached hydrogens (tertiary/aromatic N) is 3. The molecule has 0 radical (unpaired) electrons. The van der Waals surface area contributed by atoms with Crippen molar-refractivity contribution in [3.05, 3.63) is 59.0 Å². The maximum absolute atomic E-state index is 10.5. The van der Waals surface area contributed by atoms with Crippen LogP contribution in [0, 0.1) is 13.8 Å². The van der Waals surface area contributed by atoms with Gasteiger partial charge in [0.2, 0.25) is 0 Å². The van der Waals surface area contributed by atoms with E-state index >= 15 is 0 Å². The summed E-state index contributed by atoms with van der Waals surface area (Å²) in [7, 11) is 1.84. The Morgan fingerprint density at radius 3 is 2.55 bits per heavy atom. The minimum atomic E-state index is -0.674. The largest absolute Gasteiger partial charge is 0.382 e. The second-order valence-electron chi connectivity index (χ2n) is 5.14. The maximum atomic E-state index is 10.5. The van der Waals surface area contributed by atoms with Gasteiger partial charge in [-0.05, 0) is 43.7 Å². The highest BCUT2D eigenvalue weighted by atomic mass is 16.3.